The molecule has 1 saturated carbocycles. The van der Waals surface area contributed by atoms with Gasteiger partial charge in [-0.1, -0.05) is 54.1 Å². The predicted octanol–water partition coefficient (Wildman–Crippen LogP) is 6.85. The first-order valence-electron chi connectivity index (χ1n) is 12.2. The van der Waals surface area contributed by atoms with E-state index in [1.807, 2.05) is 0 Å². The summed E-state index contributed by atoms with van der Waals surface area (Å²) >= 11 is 0. The summed E-state index contributed by atoms with van der Waals surface area (Å²) in [7, 11) is -4.07. The highest BCUT2D eigenvalue weighted by molar-refractivity contribution is 7.92. The minimum Gasteiger partial charge on any atom is -0.346 e. The zero-order valence-electron chi connectivity index (χ0n) is 20.9. The Morgan fingerprint density at radius 3 is 2.53 bits per heavy atom. The fourth-order valence-corrected chi connectivity index (χ4v) is 6.32. The van der Waals surface area contributed by atoms with Crippen molar-refractivity contribution in [1.82, 2.24) is 10.3 Å². The highest BCUT2D eigenvalue weighted by Crippen LogP contribution is 2.43. The number of nitrogens with one attached hydrogen (secondary N) is 2. The Hall–Kier alpha value is -3.72. The van der Waals surface area contributed by atoms with Crippen LogP contribution in [0.1, 0.15) is 51.4 Å². The SMILES string of the molecule is Cc1ccc(C(F)(F)CNC(=O)c2c(S(=N)(=O)c3cccc(C4CC4)c3F)cnc3ccccc23)c(C)c1. The van der Waals surface area contributed by atoms with E-state index in [1.165, 1.54) is 18.2 Å². The van der Waals surface area contributed by atoms with E-state index in [2.05, 4.69) is 10.3 Å². The van der Waals surface area contributed by atoms with Crippen LogP contribution in [-0.4, -0.2) is 21.6 Å². The molecule has 3 aromatic carbocycles. The molecule has 9 heteroatoms. The van der Waals surface area contributed by atoms with Gasteiger partial charge in [0.15, 0.2) is 0 Å². The number of hydrogen-bond acceptors (Lipinski definition) is 4. The van der Waals surface area contributed by atoms with Gasteiger partial charge in [0.1, 0.15) is 15.5 Å². The molecular weight excluding hydrogens is 511 g/mol. The lowest BCUT2D eigenvalue weighted by Gasteiger charge is -2.21. The quantitative estimate of drug-likeness (QED) is 0.270. The summed E-state index contributed by atoms with van der Waals surface area (Å²) in [6.07, 6.45) is 2.72. The van der Waals surface area contributed by atoms with Gasteiger partial charge in [-0.2, -0.15) is 8.78 Å². The molecule has 1 heterocycles. The van der Waals surface area contributed by atoms with Crippen molar-refractivity contribution in [2.75, 3.05) is 6.54 Å². The smallest absolute Gasteiger partial charge is 0.290 e. The topological polar surface area (TPSA) is 82.9 Å². The molecule has 0 bridgehead atoms. The Kier molecular flexibility index (Phi) is 6.51. The number of aromatic nitrogens is 1. The lowest BCUT2D eigenvalue weighted by Crippen LogP contribution is -2.36. The molecule has 38 heavy (non-hydrogen) atoms. The van der Waals surface area contributed by atoms with Crippen LogP contribution >= 0.6 is 0 Å². The molecule has 0 radical (unpaired) electrons. The van der Waals surface area contributed by atoms with Crippen LogP contribution in [0, 0.1) is 24.4 Å². The van der Waals surface area contributed by atoms with Gasteiger partial charge in [0, 0.05) is 17.1 Å². The molecule has 1 aliphatic rings. The maximum Gasteiger partial charge on any atom is 0.290 e. The summed E-state index contributed by atoms with van der Waals surface area (Å²) in [5, 5.41) is 2.50. The Balaban J connectivity index is 1.57. The number of nitrogens with zero attached hydrogens (tertiary/aromatic N) is 1. The predicted molar refractivity (Wildman–Crippen MR) is 140 cm³/mol. The summed E-state index contributed by atoms with van der Waals surface area (Å²) in [4.78, 5) is 17.0. The van der Waals surface area contributed by atoms with Crippen LogP contribution < -0.4 is 5.32 Å². The van der Waals surface area contributed by atoms with E-state index in [-0.39, 0.29) is 32.2 Å². The van der Waals surface area contributed by atoms with Crippen LogP contribution in [0.25, 0.3) is 10.9 Å². The van der Waals surface area contributed by atoms with Gasteiger partial charge in [-0.15, -0.1) is 0 Å². The summed E-state index contributed by atoms with van der Waals surface area (Å²) in [6, 6.07) is 15.4. The molecule has 1 amide bonds. The second-order valence-electron chi connectivity index (χ2n) is 9.71. The fraction of sp³-hybridized carbons (Fsp3) is 0.241. The van der Waals surface area contributed by atoms with Gasteiger partial charge in [0.05, 0.1) is 27.4 Å². The Labute approximate surface area is 219 Å². The lowest BCUT2D eigenvalue weighted by atomic mass is 10.00. The Bertz CT molecular complexity index is 1680. The Morgan fingerprint density at radius 1 is 1.08 bits per heavy atom. The van der Waals surface area contributed by atoms with E-state index < -0.39 is 33.9 Å². The molecule has 5 rings (SSSR count). The fourth-order valence-electron chi connectivity index (χ4n) is 4.75. The zero-order valence-corrected chi connectivity index (χ0v) is 21.7. The first-order valence-corrected chi connectivity index (χ1v) is 13.8. The maximum absolute atomic E-state index is 15.4. The zero-order chi connectivity index (χ0) is 27.2. The summed E-state index contributed by atoms with van der Waals surface area (Å²) in [6.45, 7) is 2.36. The van der Waals surface area contributed by atoms with Crippen molar-refractivity contribution >= 4 is 26.5 Å². The van der Waals surface area contributed by atoms with Gasteiger partial charge in [-0.25, -0.2) is 13.4 Å². The van der Waals surface area contributed by atoms with Crippen molar-refractivity contribution in [2.24, 2.45) is 0 Å². The largest absolute Gasteiger partial charge is 0.346 e. The number of para-hydroxylation sites is 1. The third-order valence-corrected chi connectivity index (χ3v) is 8.71. The van der Waals surface area contributed by atoms with Gasteiger partial charge >= 0.3 is 0 Å². The normalized spacial score (nSPS) is 15.3. The first kappa shape index (κ1) is 25.9. The molecule has 1 unspecified atom stereocenters. The molecule has 1 aromatic heterocycles. The summed E-state index contributed by atoms with van der Waals surface area (Å²) < 4.78 is 68.4. The average molecular weight is 538 g/mol. The molecule has 4 aromatic rings. The molecular formula is C29H26F3N3O2S. The van der Waals surface area contributed by atoms with Gasteiger partial charge in [0.25, 0.3) is 11.8 Å². The second kappa shape index (κ2) is 9.54. The van der Waals surface area contributed by atoms with E-state index >= 15 is 13.2 Å². The van der Waals surface area contributed by atoms with Crippen molar-refractivity contribution in [3.63, 3.8) is 0 Å². The second-order valence-corrected chi connectivity index (χ2v) is 11.7. The van der Waals surface area contributed by atoms with Crippen LogP contribution in [0.4, 0.5) is 13.2 Å². The third-order valence-electron chi connectivity index (χ3n) is 6.84. The number of pyridine rings is 1. The number of carbonyl (C=O) groups excluding carboxylic acids is 1. The number of hydrogen-bond donors (Lipinski definition) is 2. The summed E-state index contributed by atoms with van der Waals surface area (Å²) in [5.41, 5.74) is 1.51. The maximum atomic E-state index is 15.4. The van der Waals surface area contributed by atoms with Gasteiger partial charge in [0.2, 0.25) is 0 Å². The van der Waals surface area contributed by atoms with Crippen LogP contribution in [0.15, 0.2) is 76.7 Å². The number of rotatable bonds is 7. The van der Waals surface area contributed by atoms with E-state index in [9.17, 15) is 9.00 Å². The standard InChI is InChI=1S/C29H26F3N3O2S/c1-17-10-13-22(18(2)14-17)29(31,32)16-35-28(36)26-21-6-3-4-8-23(21)34-15-25(26)38(33,37)24-9-5-7-20(27(24)30)19-11-12-19/h3-10,13-15,19,33H,11-12,16H2,1-2H3,(H,35,36). The highest BCUT2D eigenvalue weighted by Gasteiger charge is 2.35. The van der Waals surface area contributed by atoms with Gasteiger partial charge in [-0.3, -0.25) is 9.78 Å². The number of carbonyl (C=O) groups is 1. The number of amides is 1. The van der Waals surface area contributed by atoms with Crippen molar-refractivity contribution < 1.29 is 22.2 Å². The molecule has 1 aliphatic carbocycles. The number of alkyl halides is 2. The van der Waals surface area contributed by atoms with E-state index in [4.69, 9.17) is 4.78 Å². The van der Waals surface area contributed by atoms with E-state index in [0.29, 0.717) is 16.6 Å². The van der Waals surface area contributed by atoms with Crippen molar-refractivity contribution in [1.29, 1.82) is 4.78 Å². The number of benzene rings is 3. The lowest BCUT2D eigenvalue weighted by molar-refractivity contribution is -0.00308. The molecule has 1 fully saturated rings. The minimum atomic E-state index is -4.07. The molecule has 0 saturated heterocycles. The van der Waals surface area contributed by atoms with Crippen LogP contribution in [0.3, 0.4) is 0 Å². The van der Waals surface area contributed by atoms with Crippen molar-refractivity contribution in [2.45, 2.75) is 48.3 Å². The van der Waals surface area contributed by atoms with Gasteiger partial charge < -0.3 is 5.32 Å². The first-order chi connectivity index (χ1) is 18.0. The molecule has 2 N–H and O–H groups in total. The van der Waals surface area contributed by atoms with Crippen LogP contribution in [0.5, 0.6) is 0 Å². The highest BCUT2D eigenvalue weighted by atomic mass is 32.2. The molecule has 1 atom stereocenters. The number of halogens is 3. The minimum absolute atomic E-state index is 0.00936. The van der Waals surface area contributed by atoms with Crippen LogP contribution in [0.2, 0.25) is 0 Å². The number of fused-ring (bicyclic) bond motifs is 1. The van der Waals surface area contributed by atoms with Crippen molar-refractivity contribution in [3.05, 3.63) is 100 Å². The summed E-state index contributed by atoms with van der Waals surface area (Å²) in [5.74, 6) is -5.06. The van der Waals surface area contributed by atoms with Crippen LogP contribution in [-0.2, 0) is 15.7 Å². The Morgan fingerprint density at radius 2 is 1.82 bits per heavy atom. The van der Waals surface area contributed by atoms with E-state index in [0.717, 1.165) is 24.6 Å². The van der Waals surface area contributed by atoms with Crippen molar-refractivity contribution in [3.8, 4) is 0 Å². The molecule has 196 valence electrons. The average Bonchev–Trinajstić information content (AvgIpc) is 3.72. The van der Waals surface area contributed by atoms with E-state index in [1.54, 1.807) is 56.3 Å². The third kappa shape index (κ3) is 4.67. The molecule has 5 nitrogen and oxygen atoms in total. The van der Waals surface area contributed by atoms with Gasteiger partial charge in [-0.05, 0) is 55.9 Å². The molecule has 0 aliphatic heterocycles. The monoisotopic (exact) mass is 537 g/mol. The molecule has 0 spiro atoms. The number of aryl methyl sites for hydroxylation is 2.